The minimum atomic E-state index is 0.664. The van der Waals surface area contributed by atoms with E-state index in [0.717, 1.165) is 11.3 Å². The van der Waals surface area contributed by atoms with Crippen LogP contribution in [-0.4, -0.2) is 32.0 Å². The predicted molar refractivity (Wildman–Crippen MR) is 64.5 cm³/mol. The van der Waals surface area contributed by atoms with Crippen LogP contribution in [0.5, 0.6) is 0 Å². The number of nitrogens with zero attached hydrogens (tertiary/aromatic N) is 4. The lowest BCUT2D eigenvalue weighted by atomic mass is 10.4. The van der Waals surface area contributed by atoms with Gasteiger partial charge < -0.3 is 10.3 Å². The summed E-state index contributed by atoms with van der Waals surface area (Å²) in [6.07, 6.45) is 4.93. The van der Waals surface area contributed by atoms with E-state index in [1.54, 1.807) is 18.6 Å². The average molecular weight is 226 g/mol. The minimum absolute atomic E-state index is 0.664. The number of imidazole rings is 1. The molecule has 2 N–H and O–H groups in total. The lowest BCUT2D eigenvalue weighted by molar-refractivity contribution is 1.16. The number of hydrogen-bond acceptors (Lipinski definition) is 5. The van der Waals surface area contributed by atoms with Gasteiger partial charge in [-0.1, -0.05) is 0 Å². The van der Waals surface area contributed by atoms with E-state index in [2.05, 4.69) is 30.2 Å². The molecule has 0 spiro atoms. The molecule has 0 saturated heterocycles. The average Bonchev–Trinajstić information content (AvgIpc) is 2.82. The first-order chi connectivity index (χ1) is 8.36. The van der Waals surface area contributed by atoms with Crippen LogP contribution < -0.4 is 5.32 Å². The summed E-state index contributed by atoms with van der Waals surface area (Å²) in [6.45, 7) is 0. The number of anilines is 1. The summed E-state index contributed by atoms with van der Waals surface area (Å²) >= 11 is 0. The molecule has 17 heavy (non-hydrogen) atoms. The molecule has 0 amide bonds. The molecule has 0 fully saturated rings. The fourth-order valence-corrected chi connectivity index (χ4v) is 1.57. The van der Waals surface area contributed by atoms with Gasteiger partial charge in [-0.3, -0.25) is 4.98 Å². The number of fused-ring (bicyclic) bond motifs is 1. The second-order valence-electron chi connectivity index (χ2n) is 3.49. The molecule has 0 unspecified atom stereocenters. The monoisotopic (exact) mass is 226 g/mol. The van der Waals surface area contributed by atoms with Crippen molar-refractivity contribution in [3.05, 3.63) is 30.7 Å². The second kappa shape index (κ2) is 3.82. The van der Waals surface area contributed by atoms with Crippen molar-refractivity contribution in [3.8, 4) is 11.5 Å². The smallest absolute Gasteiger partial charge is 0.180 e. The summed E-state index contributed by atoms with van der Waals surface area (Å²) in [5, 5.41) is 2.98. The molecule has 0 saturated carbocycles. The Kier molecular flexibility index (Phi) is 2.18. The summed E-state index contributed by atoms with van der Waals surface area (Å²) in [5.74, 6) is 1.46. The predicted octanol–water partition coefficient (Wildman–Crippen LogP) is 1.46. The Morgan fingerprint density at radius 3 is 2.88 bits per heavy atom. The zero-order valence-electron chi connectivity index (χ0n) is 9.18. The maximum absolute atomic E-state index is 4.38. The molecule has 3 rings (SSSR count). The third-order valence-electron chi connectivity index (χ3n) is 2.41. The standard InChI is InChI=1S/C11H10N6/c1-12-9-3-2-7-10(16-9)17-11(15-7)8-6-13-4-5-14-8/h2-6H,1H3,(H2,12,15,16,17). The molecular formula is C11H10N6. The van der Waals surface area contributed by atoms with Crippen LogP contribution in [0, 0.1) is 0 Å². The second-order valence-corrected chi connectivity index (χ2v) is 3.49. The first kappa shape index (κ1) is 9.71. The number of nitrogens with one attached hydrogen (secondary N) is 2. The molecule has 0 bridgehead atoms. The summed E-state index contributed by atoms with van der Waals surface area (Å²) in [4.78, 5) is 20.1. The molecule has 0 aromatic carbocycles. The van der Waals surface area contributed by atoms with Crippen molar-refractivity contribution in [1.82, 2.24) is 24.9 Å². The van der Waals surface area contributed by atoms with Gasteiger partial charge in [-0.15, -0.1) is 0 Å². The molecule has 6 heteroatoms. The summed E-state index contributed by atoms with van der Waals surface area (Å²) in [7, 11) is 1.82. The van der Waals surface area contributed by atoms with Gasteiger partial charge in [-0.2, -0.15) is 0 Å². The van der Waals surface area contributed by atoms with Gasteiger partial charge in [0.2, 0.25) is 0 Å². The molecule has 84 valence electrons. The van der Waals surface area contributed by atoms with E-state index in [9.17, 15) is 0 Å². The molecule has 0 atom stereocenters. The van der Waals surface area contributed by atoms with Crippen molar-refractivity contribution in [1.29, 1.82) is 0 Å². The Bertz CT molecular complexity index is 645. The van der Waals surface area contributed by atoms with E-state index in [0.29, 0.717) is 17.2 Å². The van der Waals surface area contributed by atoms with Gasteiger partial charge in [0.1, 0.15) is 11.5 Å². The van der Waals surface area contributed by atoms with Crippen molar-refractivity contribution < 1.29 is 0 Å². The fraction of sp³-hybridized carbons (Fsp3) is 0.0909. The zero-order chi connectivity index (χ0) is 11.7. The van der Waals surface area contributed by atoms with Crippen LogP contribution in [0.2, 0.25) is 0 Å². The van der Waals surface area contributed by atoms with E-state index >= 15 is 0 Å². The van der Waals surface area contributed by atoms with Crippen LogP contribution in [-0.2, 0) is 0 Å². The zero-order valence-corrected chi connectivity index (χ0v) is 9.18. The van der Waals surface area contributed by atoms with Crippen LogP contribution in [0.4, 0.5) is 5.82 Å². The third kappa shape index (κ3) is 1.69. The Morgan fingerprint density at radius 1 is 1.18 bits per heavy atom. The molecule has 3 aromatic rings. The highest BCUT2D eigenvalue weighted by Gasteiger charge is 2.07. The van der Waals surface area contributed by atoms with E-state index in [4.69, 9.17) is 0 Å². The van der Waals surface area contributed by atoms with E-state index in [1.165, 1.54) is 0 Å². The molecule has 3 heterocycles. The lowest BCUT2D eigenvalue weighted by Crippen LogP contribution is -1.91. The van der Waals surface area contributed by atoms with E-state index in [-0.39, 0.29) is 0 Å². The lowest BCUT2D eigenvalue weighted by Gasteiger charge is -1.95. The molecule has 3 aromatic heterocycles. The van der Waals surface area contributed by atoms with Crippen molar-refractivity contribution >= 4 is 17.0 Å². The molecule has 0 radical (unpaired) electrons. The quantitative estimate of drug-likeness (QED) is 0.691. The Morgan fingerprint density at radius 2 is 2.12 bits per heavy atom. The number of hydrogen-bond donors (Lipinski definition) is 2. The third-order valence-corrected chi connectivity index (χ3v) is 2.41. The first-order valence-corrected chi connectivity index (χ1v) is 5.18. The van der Waals surface area contributed by atoms with Crippen LogP contribution in [0.25, 0.3) is 22.7 Å². The fourth-order valence-electron chi connectivity index (χ4n) is 1.57. The van der Waals surface area contributed by atoms with Gasteiger partial charge in [-0.25, -0.2) is 15.0 Å². The topological polar surface area (TPSA) is 79.4 Å². The summed E-state index contributed by atoms with van der Waals surface area (Å²) in [6, 6.07) is 3.82. The highest BCUT2D eigenvalue weighted by molar-refractivity contribution is 5.76. The Balaban J connectivity index is 2.14. The van der Waals surface area contributed by atoms with Gasteiger partial charge in [0.15, 0.2) is 11.5 Å². The number of aromatic amines is 1. The summed E-state index contributed by atoms with van der Waals surface area (Å²) < 4.78 is 0. The van der Waals surface area contributed by atoms with Crippen molar-refractivity contribution in [2.75, 3.05) is 12.4 Å². The van der Waals surface area contributed by atoms with Gasteiger partial charge in [0.05, 0.1) is 11.7 Å². The van der Waals surface area contributed by atoms with Gasteiger partial charge in [0, 0.05) is 19.4 Å². The van der Waals surface area contributed by atoms with Gasteiger partial charge in [0.25, 0.3) is 0 Å². The molecule has 0 aliphatic heterocycles. The normalized spacial score (nSPS) is 10.6. The van der Waals surface area contributed by atoms with Crippen molar-refractivity contribution in [2.24, 2.45) is 0 Å². The van der Waals surface area contributed by atoms with Crippen LogP contribution in [0.15, 0.2) is 30.7 Å². The maximum Gasteiger partial charge on any atom is 0.180 e. The molecule has 0 aliphatic rings. The maximum atomic E-state index is 4.38. The van der Waals surface area contributed by atoms with Gasteiger partial charge in [-0.05, 0) is 12.1 Å². The largest absolute Gasteiger partial charge is 0.373 e. The molecule has 0 aliphatic carbocycles. The Labute approximate surface area is 97.2 Å². The molecule has 6 nitrogen and oxygen atoms in total. The first-order valence-electron chi connectivity index (χ1n) is 5.18. The highest BCUT2D eigenvalue weighted by Crippen LogP contribution is 2.17. The van der Waals surface area contributed by atoms with E-state index in [1.807, 2.05) is 19.2 Å². The van der Waals surface area contributed by atoms with Crippen molar-refractivity contribution in [3.63, 3.8) is 0 Å². The van der Waals surface area contributed by atoms with E-state index < -0.39 is 0 Å². The number of rotatable bonds is 2. The number of pyridine rings is 1. The highest BCUT2D eigenvalue weighted by atomic mass is 15.1. The van der Waals surface area contributed by atoms with Gasteiger partial charge >= 0.3 is 0 Å². The van der Waals surface area contributed by atoms with Crippen LogP contribution in [0.3, 0.4) is 0 Å². The Hall–Kier alpha value is -2.50. The number of aromatic nitrogens is 5. The van der Waals surface area contributed by atoms with Crippen LogP contribution >= 0.6 is 0 Å². The SMILES string of the molecule is CNc1ccc2[nH]c(-c3cnccn3)nc2n1. The number of H-pyrrole nitrogens is 1. The molecular weight excluding hydrogens is 216 g/mol. The minimum Gasteiger partial charge on any atom is -0.373 e. The summed E-state index contributed by atoms with van der Waals surface area (Å²) in [5.41, 5.74) is 2.25. The van der Waals surface area contributed by atoms with Crippen LogP contribution in [0.1, 0.15) is 0 Å². The van der Waals surface area contributed by atoms with Crippen molar-refractivity contribution in [2.45, 2.75) is 0 Å².